The highest BCUT2D eigenvalue weighted by atomic mass is 16.1. The molecule has 0 radical (unpaired) electrons. The second-order valence-electron chi connectivity index (χ2n) is 8.45. The molecule has 0 saturated carbocycles. The Morgan fingerprint density at radius 1 is 0.957 bits per heavy atom. The zero-order valence-corrected chi connectivity index (χ0v) is 15.2. The molecule has 0 aliphatic heterocycles. The Morgan fingerprint density at radius 2 is 1.57 bits per heavy atom. The Hall–Kier alpha value is -1.67. The second kappa shape index (κ2) is 6.45. The predicted octanol–water partition coefficient (Wildman–Crippen LogP) is 4.75. The number of hydrogen-bond donors (Lipinski definition) is 1. The lowest BCUT2D eigenvalue weighted by Crippen LogP contribution is -2.51. The lowest BCUT2D eigenvalue weighted by Gasteiger charge is -2.32. The molecule has 2 nitrogen and oxygen atoms in total. The van der Waals surface area contributed by atoms with E-state index in [9.17, 15) is 4.79 Å². The van der Waals surface area contributed by atoms with Gasteiger partial charge in [0.1, 0.15) is 0 Å². The standard InChI is InChI=1S/C21H29NO/c1-20(2,3)19(23)18(22-21(4,5)6)14-15-11-12-16-9-7-8-10-17(16)13-15/h7-13,18,22H,14H2,1-6H3/t18-/m0/s1. The van der Waals surface area contributed by atoms with Crippen molar-refractivity contribution in [1.29, 1.82) is 0 Å². The maximum absolute atomic E-state index is 12.8. The van der Waals surface area contributed by atoms with Crippen molar-refractivity contribution in [3.63, 3.8) is 0 Å². The molecule has 2 rings (SSSR count). The molecule has 0 amide bonds. The molecular weight excluding hydrogens is 282 g/mol. The summed E-state index contributed by atoms with van der Waals surface area (Å²) >= 11 is 0. The van der Waals surface area contributed by atoms with Crippen molar-refractivity contribution in [2.45, 2.75) is 59.5 Å². The quantitative estimate of drug-likeness (QED) is 0.882. The molecule has 1 atom stereocenters. The van der Waals surface area contributed by atoms with Gasteiger partial charge in [0, 0.05) is 11.0 Å². The highest BCUT2D eigenvalue weighted by Gasteiger charge is 2.31. The van der Waals surface area contributed by atoms with Crippen LogP contribution in [0, 0.1) is 5.41 Å². The van der Waals surface area contributed by atoms with Crippen molar-refractivity contribution in [2.75, 3.05) is 0 Å². The van der Waals surface area contributed by atoms with E-state index in [1.54, 1.807) is 0 Å². The van der Waals surface area contributed by atoms with E-state index in [0.717, 1.165) is 6.42 Å². The summed E-state index contributed by atoms with van der Waals surface area (Å²) in [4.78, 5) is 12.8. The first-order chi connectivity index (χ1) is 10.6. The Balaban J connectivity index is 2.29. The Labute approximate surface area is 140 Å². The maximum atomic E-state index is 12.8. The number of Topliss-reactive ketones (excluding diaryl/α,β-unsaturated/α-hetero) is 1. The first kappa shape index (κ1) is 17.7. The Morgan fingerprint density at radius 3 is 2.13 bits per heavy atom. The summed E-state index contributed by atoms with van der Waals surface area (Å²) in [5.74, 6) is 0.264. The van der Waals surface area contributed by atoms with Gasteiger partial charge in [-0.05, 0) is 43.5 Å². The van der Waals surface area contributed by atoms with Crippen molar-refractivity contribution in [3.05, 3.63) is 48.0 Å². The van der Waals surface area contributed by atoms with E-state index in [-0.39, 0.29) is 22.8 Å². The van der Waals surface area contributed by atoms with Crippen LogP contribution < -0.4 is 5.32 Å². The van der Waals surface area contributed by atoms with Gasteiger partial charge < -0.3 is 5.32 Å². The van der Waals surface area contributed by atoms with Gasteiger partial charge in [-0.2, -0.15) is 0 Å². The average Bonchev–Trinajstić information content (AvgIpc) is 2.43. The molecule has 0 heterocycles. The molecule has 0 fully saturated rings. The first-order valence-electron chi connectivity index (χ1n) is 8.36. The molecule has 1 N–H and O–H groups in total. The summed E-state index contributed by atoms with van der Waals surface area (Å²) < 4.78 is 0. The summed E-state index contributed by atoms with van der Waals surface area (Å²) in [5, 5.41) is 5.97. The minimum absolute atomic E-state index is 0.0948. The molecule has 0 unspecified atom stereocenters. The van der Waals surface area contributed by atoms with Crippen LogP contribution in [0.15, 0.2) is 42.5 Å². The van der Waals surface area contributed by atoms with E-state index < -0.39 is 0 Å². The number of carbonyl (C=O) groups is 1. The van der Waals surface area contributed by atoms with Crippen molar-refractivity contribution in [2.24, 2.45) is 5.41 Å². The van der Waals surface area contributed by atoms with E-state index in [0.29, 0.717) is 0 Å². The van der Waals surface area contributed by atoms with E-state index >= 15 is 0 Å². The highest BCUT2D eigenvalue weighted by molar-refractivity contribution is 5.89. The molecule has 0 spiro atoms. The van der Waals surface area contributed by atoms with Gasteiger partial charge in [-0.25, -0.2) is 0 Å². The summed E-state index contributed by atoms with van der Waals surface area (Å²) in [6, 6.07) is 14.6. The molecule has 0 aliphatic rings. The summed E-state index contributed by atoms with van der Waals surface area (Å²) in [5.41, 5.74) is 0.755. The Kier molecular flexibility index (Phi) is 4.95. The molecule has 124 valence electrons. The fourth-order valence-corrected chi connectivity index (χ4v) is 2.86. The topological polar surface area (TPSA) is 29.1 Å². The van der Waals surface area contributed by atoms with Crippen molar-refractivity contribution < 1.29 is 4.79 Å². The first-order valence-corrected chi connectivity index (χ1v) is 8.36. The molecule has 0 aromatic heterocycles. The number of hydrogen-bond acceptors (Lipinski definition) is 2. The lowest BCUT2D eigenvalue weighted by atomic mass is 9.83. The number of ketones is 1. The third-order valence-electron chi connectivity index (χ3n) is 3.92. The molecule has 2 heteroatoms. The van der Waals surface area contributed by atoms with Crippen LogP contribution in [0.4, 0.5) is 0 Å². The zero-order valence-electron chi connectivity index (χ0n) is 15.2. The van der Waals surface area contributed by atoms with Crippen LogP contribution in [0.1, 0.15) is 47.1 Å². The lowest BCUT2D eigenvalue weighted by molar-refractivity contribution is -0.128. The van der Waals surface area contributed by atoms with Crippen molar-refractivity contribution in [1.82, 2.24) is 5.32 Å². The fourth-order valence-electron chi connectivity index (χ4n) is 2.86. The molecule has 0 aliphatic carbocycles. The molecule has 23 heavy (non-hydrogen) atoms. The smallest absolute Gasteiger partial charge is 0.155 e. The second-order valence-corrected chi connectivity index (χ2v) is 8.45. The summed E-state index contributed by atoms with van der Waals surface area (Å²) in [6.07, 6.45) is 0.720. The monoisotopic (exact) mass is 311 g/mol. The molecule has 0 bridgehead atoms. The van der Waals surface area contributed by atoms with Crippen molar-refractivity contribution in [3.8, 4) is 0 Å². The van der Waals surface area contributed by atoms with Crippen LogP contribution in [0.3, 0.4) is 0 Å². The number of benzene rings is 2. The van der Waals surface area contributed by atoms with Gasteiger partial charge in [0.2, 0.25) is 0 Å². The highest BCUT2D eigenvalue weighted by Crippen LogP contribution is 2.22. The number of rotatable bonds is 4. The third-order valence-corrected chi connectivity index (χ3v) is 3.92. The van der Waals surface area contributed by atoms with Gasteiger partial charge in [-0.15, -0.1) is 0 Å². The molecule has 2 aromatic carbocycles. The van der Waals surface area contributed by atoms with Gasteiger partial charge >= 0.3 is 0 Å². The molecule has 0 saturated heterocycles. The minimum atomic E-state index is -0.347. The van der Waals surface area contributed by atoms with E-state index in [1.807, 2.05) is 20.8 Å². The predicted molar refractivity (Wildman–Crippen MR) is 98.8 cm³/mol. The summed E-state index contributed by atoms with van der Waals surface area (Å²) in [7, 11) is 0. The normalized spacial score (nSPS) is 14.0. The van der Waals surface area contributed by atoms with E-state index in [4.69, 9.17) is 0 Å². The van der Waals surface area contributed by atoms with Crippen LogP contribution in [0.2, 0.25) is 0 Å². The number of fused-ring (bicyclic) bond motifs is 1. The molecular formula is C21H29NO. The largest absolute Gasteiger partial charge is 0.302 e. The number of nitrogens with one attached hydrogen (secondary N) is 1. The van der Waals surface area contributed by atoms with Crippen LogP contribution in [-0.4, -0.2) is 17.4 Å². The van der Waals surface area contributed by atoms with Gasteiger partial charge in [-0.3, -0.25) is 4.79 Å². The van der Waals surface area contributed by atoms with Crippen LogP contribution in [-0.2, 0) is 11.2 Å². The third kappa shape index (κ3) is 4.90. The van der Waals surface area contributed by atoms with E-state index in [2.05, 4.69) is 68.6 Å². The minimum Gasteiger partial charge on any atom is -0.302 e. The summed E-state index contributed by atoms with van der Waals surface area (Å²) in [6.45, 7) is 12.3. The average molecular weight is 311 g/mol. The van der Waals surface area contributed by atoms with Gasteiger partial charge in [0.05, 0.1) is 6.04 Å². The van der Waals surface area contributed by atoms with Crippen molar-refractivity contribution >= 4 is 16.6 Å². The van der Waals surface area contributed by atoms with Crippen LogP contribution in [0.5, 0.6) is 0 Å². The molecule has 2 aromatic rings. The van der Waals surface area contributed by atoms with Crippen LogP contribution >= 0.6 is 0 Å². The zero-order chi connectivity index (χ0) is 17.3. The van der Waals surface area contributed by atoms with Gasteiger partial charge in [0.25, 0.3) is 0 Å². The Bertz CT molecular complexity index is 689. The number of carbonyl (C=O) groups excluding carboxylic acids is 1. The van der Waals surface area contributed by atoms with E-state index in [1.165, 1.54) is 16.3 Å². The van der Waals surface area contributed by atoms with Gasteiger partial charge in [-0.1, -0.05) is 63.2 Å². The van der Waals surface area contributed by atoms with Gasteiger partial charge in [0.15, 0.2) is 5.78 Å². The van der Waals surface area contributed by atoms with Crippen LogP contribution in [0.25, 0.3) is 10.8 Å². The maximum Gasteiger partial charge on any atom is 0.155 e. The fraction of sp³-hybridized carbons (Fsp3) is 0.476. The SMILES string of the molecule is CC(C)(C)N[C@@H](Cc1ccc2ccccc2c1)C(=O)C(C)(C)C.